The van der Waals surface area contributed by atoms with Crippen molar-refractivity contribution in [3.8, 4) is 11.8 Å². The lowest BCUT2D eigenvalue weighted by molar-refractivity contribution is -0.140. The maximum absolute atomic E-state index is 13.7. The van der Waals surface area contributed by atoms with Crippen LogP contribution in [0.3, 0.4) is 0 Å². The van der Waals surface area contributed by atoms with Gasteiger partial charge in [0.15, 0.2) is 0 Å². The number of esters is 1. The van der Waals surface area contributed by atoms with Gasteiger partial charge in [0.1, 0.15) is 17.6 Å². The quantitative estimate of drug-likeness (QED) is 0.374. The Kier molecular flexibility index (Phi) is 8.09. The average molecular weight is 400 g/mol. The summed E-state index contributed by atoms with van der Waals surface area (Å²) in [5.41, 5.74) is -0.0378. The van der Waals surface area contributed by atoms with Crippen molar-refractivity contribution in [1.82, 2.24) is 0 Å². The maximum atomic E-state index is 13.7. The van der Waals surface area contributed by atoms with Gasteiger partial charge in [0, 0.05) is 6.07 Å². The molecule has 4 heteroatoms. The van der Waals surface area contributed by atoms with Crippen molar-refractivity contribution in [2.24, 2.45) is 23.7 Å². The normalized spacial score (nSPS) is 27.2. The van der Waals surface area contributed by atoms with Gasteiger partial charge >= 0.3 is 5.97 Å². The molecule has 0 amide bonds. The third-order valence-electron chi connectivity index (χ3n) is 7.11. The number of carbonyl (C=O) groups is 1. The third kappa shape index (κ3) is 6.29. The highest BCUT2D eigenvalue weighted by Gasteiger charge is 2.29. The van der Waals surface area contributed by atoms with E-state index in [1.165, 1.54) is 63.5 Å². The summed E-state index contributed by atoms with van der Waals surface area (Å²) in [7, 11) is 0. The predicted molar refractivity (Wildman–Crippen MR) is 112 cm³/mol. The van der Waals surface area contributed by atoms with Crippen LogP contribution in [0.25, 0.3) is 0 Å². The molecule has 0 heterocycles. The van der Waals surface area contributed by atoms with Gasteiger partial charge in [-0.15, -0.1) is 0 Å². The van der Waals surface area contributed by atoms with E-state index in [1.54, 1.807) is 6.07 Å². The second-order valence-electron chi connectivity index (χ2n) is 9.14. The van der Waals surface area contributed by atoms with Crippen LogP contribution >= 0.6 is 0 Å². The van der Waals surface area contributed by atoms with Crippen LogP contribution in [0.4, 0.5) is 4.39 Å². The van der Waals surface area contributed by atoms with Crippen LogP contribution in [0, 0.1) is 40.8 Å². The number of benzene rings is 1. The van der Waals surface area contributed by atoms with Crippen LogP contribution in [0.5, 0.6) is 5.75 Å². The molecule has 0 aliphatic heterocycles. The first-order chi connectivity index (χ1) is 14.1. The van der Waals surface area contributed by atoms with Gasteiger partial charge in [-0.3, -0.25) is 4.79 Å². The van der Waals surface area contributed by atoms with Crippen molar-refractivity contribution >= 4 is 5.97 Å². The Morgan fingerprint density at radius 2 is 1.55 bits per heavy atom. The van der Waals surface area contributed by atoms with E-state index in [9.17, 15) is 9.18 Å². The van der Waals surface area contributed by atoms with Gasteiger partial charge in [-0.05, 0) is 55.6 Å². The lowest BCUT2D eigenvalue weighted by Crippen LogP contribution is -2.26. The monoisotopic (exact) mass is 399 g/mol. The molecular weight excluding hydrogens is 365 g/mol. The highest BCUT2D eigenvalue weighted by Crippen LogP contribution is 2.38. The molecule has 29 heavy (non-hydrogen) atoms. The van der Waals surface area contributed by atoms with Crippen LogP contribution < -0.4 is 4.74 Å². The van der Waals surface area contributed by atoms with E-state index in [4.69, 9.17) is 10.00 Å². The molecule has 0 atom stereocenters. The number of ether oxygens (including phenoxy) is 1. The first-order valence-corrected chi connectivity index (χ1v) is 11.5. The number of nitriles is 1. The van der Waals surface area contributed by atoms with E-state index in [1.807, 2.05) is 0 Å². The molecule has 0 unspecified atom stereocenters. The number of rotatable bonds is 7. The summed E-state index contributed by atoms with van der Waals surface area (Å²) >= 11 is 0. The number of carbonyl (C=O) groups excluding carboxylic acids is 1. The van der Waals surface area contributed by atoms with Gasteiger partial charge in [0.2, 0.25) is 0 Å². The fourth-order valence-electron chi connectivity index (χ4n) is 5.22. The summed E-state index contributed by atoms with van der Waals surface area (Å²) in [6.07, 6.45) is 15.0. The summed E-state index contributed by atoms with van der Waals surface area (Å²) in [6, 6.07) is 5.73. The smallest absolute Gasteiger partial charge is 0.314 e. The Labute approximate surface area is 174 Å². The molecule has 3 rings (SSSR count). The van der Waals surface area contributed by atoms with Gasteiger partial charge in [0.25, 0.3) is 0 Å². The minimum atomic E-state index is -0.648. The molecule has 0 aromatic heterocycles. The van der Waals surface area contributed by atoms with Gasteiger partial charge in [-0.1, -0.05) is 58.3 Å². The fraction of sp³-hybridized carbons (Fsp3) is 0.680. The van der Waals surface area contributed by atoms with E-state index in [0.29, 0.717) is 0 Å². The molecule has 158 valence electrons. The van der Waals surface area contributed by atoms with Crippen LogP contribution in [-0.2, 0) is 4.79 Å². The number of hydrogen-bond donors (Lipinski definition) is 0. The molecule has 1 aromatic carbocycles. The van der Waals surface area contributed by atoms with Gasteiger partial charge in [0.05, 0.1) is 11.5 Å². The van der Waals surface area contributed by atoms with Crippen LogP contribution in [0.1, 0.15) is 89.5 Å². The standard InChI is InChI=1S/C25H34FNO2/c1-2-3-18-4-6-19(7-5-18)8-9-20-10-12-21(13-11-20)25(28)29-23-15-14-22(17-27)24(26)16-23/h14-16,18-21H,2-13H2,1H3. The average Bonchev–Trinajstić information content (AvgIpc) is 2.74. The molecule has 1 aromatic rings. The summed E-state index contributed by atoms with van der Waals surface area (Å²) in [4.78, 5) is 12.4. The van der Waals surface area contributed by atoms with Gasteiger partial charge < -0.3 is 4.74 Å². The van der Waals surface area contributed by atoms with Crippen LogP contribution in [-0.4, -0.2) is 5.97 Å². The first kappa shape index (κ1) is 21.8. The SMILES string of the molecule is CCCC1CCC(CCC2CCC(C(=O)Oc3ccc(C#N)c(F)c3)CC2)CC1. The van der Waals surface area contributed by atoms with E-state index < -0.39 is 5.82 Å². The molecular formula is C25H34FNO2. The molecule has 2 aliphatic carbocycles. The number of nitrogens with zero attached hydrogens (tertiary/aromatic N) is 1. The lowest BCUT2D eigenvalue weighted by atomic mass is 9.75. The van der Waals surface area contributed by atoms with Crippen molar-refractivity contribution < 1.29 is 13.9 Å². The van der Waals surface area contributed by atoms with Crippen LogP contribution in [0.2, 0.25) is 0 Å². The maximum Gasteiger partial charge on any atom is 0.314 e. The largest absolute Gasteiger partial charge is 0.426 e. The molecule has 2 aliphatic rings. The van der Waals surface area contributed by atoms with E-state index in [-0.39, 0.29) is 23.2 Å². The van der Waals surface area contributed by atoms with Crippen molar-refractivity contribution in [2.45, 2.75) is 84.0 Å². The van der Waals surface area contributed by atoms with E-state index >= 15 is 0 Å². The Morgan fingerprint density at radius 3 is 2.07 bits per heavy atom. The Balaban J connectivity index is 1.36. The first-order valence-electron chi connectivity index (χ1n) is 11.5. The Morgan fingerprint density at radius 1 is 1.00 bits per heavy atom. The topological polar surface area (TPSA) is 50.1 Å². The number of hydrogen-bond acceptors (Lipinski definition) is 3. The van der Waals surface area contributed by atoms with Gasteiger partial charge in [-0.25, -0.2) is 4.39 Å². The van der Waals surface area contributed by atoms with Crippen molar-refractivity contribution in [3.05, 3.63) is 29.6 Å². The van der Waals surface area contributed by atoms with Crippen LogP contribution in [0.15, 0.2) is 18.2 Å². The summed E-state index contributed by atoms with van der Waals surface area (Å²) in [5.74, 6) is 1.81. The Bertz CT molecular complexity index is 710. The van der Waals surface area contributed by atoms with Crippen molar-refractivity contribution in [1.29, 1.82) is 5.26 Å². The molecule has 0 spiro atoms. The summed E-state index contributed by atoms with van der Waals surface area (Å²) in [5, 5.41) is 8.78. The zero-order valence-corrected chi connectivity index (χ0v) is 17.7. The number of halogens is 1. The molecule has 3 nitrogen and oxygen atoms in total. The molecule has 0 bridgehead atoms. The summed E-state index contributed by atoms with van der Waals surface area (Å²) in [6.45, 7) is 2.29. The minimum Gasteiger partial charge on any atom is -0.426 e. The zero-order valence-electron chi connectivity index (χ0n) is 17.7. The second kappa shape index (κ2) is 10.8. The predicted octanol–water partition coefficient (Wildman–Crippen LogP) is 6.80. The molecule has 0 saturated heterocycles. The van der Waals surface area contributed by atoms with E-state index in [0.717, 1.165) is 49.5 Å². The zero-order chi connectivity index (χ0) is 20.6. The fourth-order valence-corrected chi connectivity index (χ4v) is 5.22. The van der Waals surface area contributed by atoms with E-state index in [2.05, 4.69) is 6.92 Å². The molecule has 0 radical (unpaired) electrons. The highest BCUT2D eigenvalue weighted by molar-refractivity contribution is 5.75. The Hall–Kier alpha value is -1.89. The summed E-state index contributed by atoms with van der Waals surface area (Å²) < 4.78 is 19.0. The highest BCUT2D eigenvalue weighted by atomic mass is 19.1. The molecule has 2 fully saturated rings. The lowest BCUT2D eigenvalue weighted by Gasteiger charge is -2.31. The molecule has 2 saturated carbocycles. The second-order valence-corrected chi connectivity index (χ2v) is 9.14. The van der Waals surface area contributed by atoms with Crippen molar-refractivity contribution in [2.75, 3.05) is 0 Å². The van der Waals surface area contributed by atoms with Crippen molar-refractivity contribution in [3.63, 3.8) is 0 Å². The third-order valence-corrected chi connectivity index (χ3v) is 7.11. The van der Waals surface area contributed by atoms with Gasteiger partial charge in [-0.2, -0.15) is 5.26 Å². The minimum absolute atomic E-state index is 0.0378. The molecule has 0 N–H and O–H groups in total.